The minimum atomic E-state index is -2.71. The Kier molecular flexibility index (Phi) is 6.24. The third-order valence-corrected chi connectivity index (χ3v) is 9.06. The molecule has 1 aromatic carbocycles. The van der Waals surface area contributed by atoms with E-state index in [9.17, 15) is 39.6 Å². The summed E-state index contributed by atoms with van der Waals surface area (Å²) >= 11 is 0. The number of ketones is 2. The lowest BCUT2D eigenvalue weighted by molar-refractivity contribution is -0.151. The second-order valence-corrected chi connectivity index (χ2v) is 11.2. The number of phenols is 1. The van der Waals surface area contributed by atoms with Crippen molar-refractivity contribution in [2.45, 2.75) is 56.2 Å². The molecular weight excluding hydrogens is 522 g/mol. The fourth-order valence-electron chi connectivity index (χ4n) is 7.13. The summed E-state index contributed by atoms with van der Waals surface area (Å²) < 4.78 is 5.39. The van der Waals surface area contributed by atoms with E-state index in [1.807, 2.05) is 0 Å². The number of benzene rings is 1. The number of carbonyl (C=O) groups excluding carboxylic acids is 4. The van der Waals surface area contributed by atoms with Crippen LogP contribution in [-0.4, -0.2) is 81.3 Å². The number of Topliss-reactive ketones (excluding diaryl/α,β-unsaturated/α-hetero) is 2. The van der Waals surface area contributed by atoms with Gasteiger partial charge < -0.3 is 41.1 Å². The normalized spacial score (nSPS) is 30.9. The molecule has 0 radical (unpaired) electrons. The number of nitrogens with one attached hydrogen (secondary N) is 1. The number of aliphatic hydroxyl groups is 3. The van der Waals surface area contributed by atoms with Gasteiger partial charge in [-0.2, -0.15) is 0 Å². The van der Waals surface area contributed by atoms with Crippen molar-refractivity contribution >= 4 is 34.8 Å². The molecule has 4 atom stereocenters. The smallest absolute Gasteiger partial charge is 0.255 e. The van der Waals surface area contributed by atoms with Gasteiger partial charge in [0.15, 0.2) is 11.4 Å². The molecule has 2 aliphatic heterocycles. The average molecular weight is 554 g/mol. The lowest BCUT2D eigenvalue weighted by atomic mass is 9.57. The Bertz CT molecular complexity index is 1410. The molecule has 7 N–H and O–H groups in total. The van der Waals surface area contributed by atoms with Crippen molar-refractivity contribution in [3.05, 3.63) is 40.2 Å². The minimum Gasteiger partial charge on any atom is -0.508 e. The Hall–Kier alpha value is -3.74. The predicted octanol–water partition coefficient (Wildman–Crippen LogP) is 0.298. The number of anilines is 1. The Labute approximate surface area is 229 Å². The zero-order valence-corrected chi connectivity index (χ0v) is 21.7. The monoisotopic (exact) mass is 553 g/mol. The zero-order valence-electron chi connectivity index (χ0n) is 21.7. The molecule has 5 aliphatic rings. The molecule has 40 heavy (non-hydrogen) atoms. The number of carbonyl (C=O) groups is 4. The second-order valence-electron chi connectivity index (χ2n) is 11.2. The van der Waals surface area contributed by atoms with Crippen LogP contribution in [0.25, 0.3) is 5.76 Å². The summed E-state index contributed by atoms with van der Waals surface area (Å²) in [5, 5.41) is 48.2. The number of aromatic hydroxyl groups is 1. The fraction of sp³-hybridized carbons (Fsp3) is 0.500. The van der Waals surface area contributed by atoms with Crippen LogP contribution in [0.1, 0.15) is 43.2 Å². The number of primary amides is 1. The molecule has 2 saturated heterocycles. The van der Waals surface area contributed by atoms with E-state index in [1.54, 1.807) is 11.0 Å². The van der Waals surface area contributed by atoms with Crippen LogP contribution in [0.4, 0.5) is 5.69 Å². The number of rotatable bonds is 4. The number of fused-ring (bicyclic) bond motifs is 3. The van der Waals surface area contributed by atoms with Crippen LogP contribution in [0.3, 0.4) is 0 Å². The molecule has 12 nitrogen and oxygen atoms in total. The molecule has 0 spiro atoms. The molecule has 212 valence electrons. The average Bonchev–Trinajstić information content (AvgIpc) is 3.34. The van der Waals surface area contributed by atoms with Crippen molar-refractivity contribution in [3.8, 4) is 5.75 Å². The van der Waals surface area contributed by atoms with E-state index in [4.69, 9.17) is 10.5 Å². The molecule has 0 unspecified atom stereocenters. The van der Waals surface area contributed by atoms with Crippen molar-refractivity contribution in [1.82, 2.24) is 5.32 Å². The summed E-state index contributed by atoms with van der Waals surface area (Å²) in [6, 6.07) is 1.50. The summed E-state index contributed by atoms with van der Waals surface area (Å²) in [4.78, 5) is 54.0. The van der Waals surface area contributed by atoms with Crippen molar-refractivity contribution in [3.63, 3.8) is 0 Å². The molecule has 12 heteroatoms. The number of hydrogen-bond donors (Lipinski definition) is 6. The van der Waals surface area contributed by atoms with E-state index >= 15 is 0 Å². The van der Waals surface area contributed by atoms with Crippen LogP contribution in [0, 0.1) is 11.8 Å². The lowest BCUT2D eigenvalue weighted by Crippen LogP contribution is -2.67. The molecule has 2 heterocycles. The molecular formula is C28H31N3O9. The van der Waals surface area contributed by atoms with E-state index in [-0.39, 0.29) is 41.7 Å². The lowest BCUT2D eigenvalue weighted by Gasteiger charge is -2.50. The molecule has 1 saturated carbocycles. The number of phenolic OH excluding ortho intramolecular Hbond substituents is 1. The topological polar surface area (TPSA) is 200 Å². The molecule has 0 aromatic heterocycles. The van der Waals surface area contributed by atoms with Crippen LogP contribution in [0.15, 0.2) is 29.0 Å². The van der Waals surface area contributed by atoms with Crippen LogP contribution in [0.2, 0.25) is 0 Å². The van der Waals surface area contributed by atoms with Gasteiger partial charge in [-0.25, -0.2) is 0 Å². The molecule has 1 aromatic rings. The first-order chi connectivity index (χ1) is 19.1. The first-order valence-electron chi connectivity index (χ1n) is 13.5. The van der Waals surface area contributed by atoms with Crippen LogP contribution in [0.5, 0.6) is 5.75 Å². The van der Waals surface area contributed by atoms with Crippen molar-refractivity contribution < 1.29 is 44.3 Å². The summed E-state index contributed by atoms with van der Waals surface area (Å²) in [7, 11) is 0. The number of amides is 2. The Morgan fingerprint density at radius 1 is 1.12 bits per heavy atom. The van der Waals surface area contributed by atoms with E-state index in [1.165, 1.54) is 6.07 Å². The minimum absolute atomic E-state index is 0.0210. The van der Waals surface area contributed by atoms with Gasteiger partial charge in [0, 0.05) is 49.4 Å². The van der Waals surface area contributed by atoms with Gasteiger partial charge in [0.1, 0.15) is 22.8 Å². The number of hydrogen-bond acceptors (Lipinski definition) is 10. The summed E-state index contributed by atoms with van der Waals surface area (Å²) in [5.74, 6) is -7.17. The first kappa shape index (κ1) is 26.5. The molecule has 3 fully saturated rings. The highest BCUT2D eigenvalue weighted by Crippen LogP contribution is 2.53. The molecule has 3 aliphatic carbocycles. The summed E-state index contributed by atoms with van der Waals surface area (Å²) in [6.07, 6.45) is 2.25. The largest absolute Gasteiger partial charge is 0.508 e. The number of aliphatic hydroxyl groups excluding tert-OH is 2. The van der Waals surface area contributed by atoms with Gasteiger partial charge in [0.2, 0.25) is 11.7 Å². The summed E-state index contributed by atoms with van der Waals surface area (Å²) in [5.41, 5.74) is 2.61. The molecule has 0 bridgehead atoms. The maximum Gasteiger partial charge on any atom is 0.255 e. The Balaban J connectivity index is 1.49. The van der Waals surface area contributed by atoms with E-state index < -0.39 is 58.0 Å². The van der Waals surface area contributed by atoms with E-state index in [0.29, 0.717) is 56.7 Å². The maximum absolute atomic E-state index is 14.0. The van der Waals surface area contributed by atoms with Crippen LogP contribution in [-0.2, 0) is 30.3 Å². The third kappa shape index (κ3) is 3.70. The number of ether oxygens (including phenoxy) is 1. The fourth-order valence-corrected chi connectivity index (χ4v) is 7.13. The van der Waals surface area contributed by atoms with Gasteiger partial charge in [0.25, 0.3) is 5.91 Å². The third-order valence-electron chi connectivity index (χ3n) is 9.06. The maximum atomic E-state index is 14.0. The molecule has 2 amide bonds. The van der Waals surface area contributed by atoms with Gasteiger partial charge in [-0.05, 0) is 55.7 Å². The van der Waals surface area contributed by atoms with Gasteiger partial charge in [-0.3, -0.25) is 19.2 Å². The highest BCUT2D eigenvalue weighted by atomic mass is 16.5. The van der Waals surface area contributed by atoms with Crippen LogP contribution < -0.4 is 16.0 Å². The van der Waals surface area contributed by atoms with Crippen molar-refractivity contribution in [1.29, 1.82) is 0 Å². The highest BCUT2D eigenvalue weighted by Gasteiger charge is 2.64. The van der Waals surface area contributed by atoms with Gasteiger partial charge in [0.05, 0.1) is 11.6 Å². The van der Waals surface area contributed by atoms with Crippen molar-refractivity contribution in [2.24, 2.45) is 17.6 Å². The quantitative estimate of drug-likeness (QED) is 0.282. The van der Waals surface area contributed by atoms with E-state index in [2.05, 4.69) is 5.32 Å². The Morgan fingerprint density at radius 3 is 2.50 bits per heavy atom. The predicted molar refractivity (Wildman–Crippen MR) is 139 cm³/mol. The van der Waals surface area contributed by atoms with Gasteiger partial charge in [-0.15, -0.1) is 0 Å². The number of nitrogens with two attached hydrogens (primary N) is 1. The van der Waals surface area contributed by atoms with Gasteiger partial charge in [-0.1, -0.05) is 0 Å². The van der Waals surface area contributed by atoms with Crippen molar-refractivity contribution in [2.75, 3.05) is 24.7 Å². The standard InChI is InChI=1S/C28H31N3O9/c29-27(38)21-24(35)22(30-13-5-8-40-9-6-13)15-11-12-10-14-16(31-7-1-2-18(31)33)3-4-17(32)20(14)23(34)19(12)25(36)28(15,39)26(21)37/h3-4,12-13,15,22,30,32,34,37,39H,1-2,5-11H2,(H2,29,38)/t12-,15-,22+,28-/m0/s1. The molecule has 6 rings (SSSR count). The second kappa shape index (κ2) is 9.43. The highest BCUT2D eigenvalue weighted by molar-refractivity contribution is 6.24. The SMILES string of the molecule is NC(=O)C1=C(O)[C@@]2(O)C(=O)C3=C(O)c4c(O)ccc(N5CCCC5=O)c4C[C@H]3C[C@H]2[C@@H](NC2CCOCC2)C1=O. The van der Waals surface area contributed by atoms with Gasteiger partial charge >= 0.3 is 0 Å². The van der Waals surface area contributed by atoms with E-state index in [0.717, 1.165) is 0 Å². The van der Waals surface area contributed by atoms with Crippen LogP contribution >= 0.6 is 0 Å². The zero-order chi connectivity index (χ0) is 28.5. The summed E-state index contributed by atoms with van der Waals surface area (Å²) in [6.45, 7) is 1.36. The Morgan fingerprint density at radius 2 is 1.85 bits per heavy atom. The first-order valence-corrected chi connectivity index (χ1v) is 13.5. The number of nitrogens with zero attached hydrogens (tertiary/aromatic N) is 1.